The SMILES string of the molecule is Cc1ccc(S(=O)(=O)Nc2ccccc2/C=N\Nc2ccccc2)cc1. The molecule has 6 heteroatoms. The van der Waals surface area contributed by atoms with E-state index in [1.807, 2.05) is 43.3 Å². The highest BCUT2D eigenvalue weighted by Crippen LogP contribution is 2.19. The van der Waals surface area contributed by atoms with Gasteiger partial charge in [-0.05, 0) is 37.3 Å². The van der Waals surface area contributed by atoms with Crippen molar-refractivity contribution in [1.82, 2.24) is 0 Å². The van der Waals surface area contributed by atoms with Crippen molar-refractivity contribution in [2.24, 2.45) is 5.10 Å². The molecule has 5 nitrogen and oxygen atoms in total. The summed E-state index contributed by atoms with van der Waals surface area (Å²) >= 11 is 0. The smallest absolute Gasteiger partial charge is 0.261 e. The quantitative estimate of drug-likeness (QED) is 0.507. The Morgan fingerprint density at radius 2 is 1.50 bits per heavy atom. The molecular weight excluding hydrogens is 346 g/mol. The summed E-state index contributed by atoms with van der Waals surface area (Å²) in [6, 6.07) is 23.3. The van der Waals surface area contributed by atoms with E-state index in [4.69, 9.17) is 0 Å². The van der Waals surface area contributed by atoms with Crippen molar-refractivity contribution < 1.29 is 8.42 Å². The third-order valence-corrected chi connectivity index (χ3v) is 5.09. The molecule has 0 radical (unpaired) electrons. The predicted molar refractivity (Wildman–Crippen MR) is 106 cm³/mol. The fraction of sp³-hybridized carbons (Fsp3) is 0.0500. The van der Waals surface area contributed by atoms with Gasteiger partial charge in [0.2, 0.25) is 0 Å². The minimum atomic E-state index is -3.66. The van der Waals surface area contributed by atoms with Gasteiger partial charge in [-0.1, -0.05) is 54.1 Å². The lowest BCUT2D eigenvalue weighted by molar-refractivity contribution is 0.601. The summed E-state index contributed by atoms with van der Waals surface area (Å²) in [7, 11) is -3.66. The molecule has 0 aliphatic heterocycles. The van der Waals surface area contributed by atoms with Gasteiger partial charge in [0.25, 0.3) is 10.0 Å². The van der Waals surface area contributed by atoms with Gasteiger partial charge < -0.3 is 0 Å². The van der Waals surface area contributed by atoms with Gasteiger partial charge in [-0.15, -0.1) is 0 Å². The zero-order valence-corrected chi connectivity index (χ0v) is 15.1. The molecule has 0 bridgehead atoms. The Labute approximate surface area is 153 Å². The molecule has 0 saturated heterocycles. The Morgan fingerprint density at radius 1 is 0.846 bits per heavy atom. The van der Waals surface area contributed by atoms with Crippen molar-refractivity contribution in [2.45, 2.75) is 11.8 Å². The van der Waals surface area contributed by atoms with Crippen molar-refractivity contribution in [1.29, 1.82) is 0 Å². The summed E-state index contributed by atoms with van der Waals surface area (Å²) in [5.74, 6) is 0. The Balaban J connectivity index is 1.79. The van der Waals surface area contributed by atoms with E-state index < -0.39 is 10.0 Å². The number of aryl methyl sites for hydroxylation is 1. The van der Waals surface area contributed by atoms with Crippen molar-refractivity contribution in [2.75, 3.05) is 10.1 Å². The Bertz CT molecular complexity index is 999. The number of sulfonamides is 1. The van der Waals surface area contributed by atoms with Crippen LogP contribution in [0.4, 0.5) is 11.4 Å². The Kier molecular flexibility index (Phi) is 5.34. The lowest BCUT2D eigenvalue weighted by atomic mass is 10.2. The van der Waals surface area contributed by atoms with Crippen LogP contribution in [0.25, 0.3) is 0 Å². The van der Waals surface area contributed by atoms with Crippen LogP contribution in [0, 0.1) is 6.92 Å². The minimum Gasteiger partial charge on any atom is -0.279 e. The lowest BCUT2D eigenvalue weighted by Crippen LogP contribution is -2.14. The van der Waals surface area contributed by atoms with E-state index in [0.717, 1.165) is 11.3 Å². The molecule has 0 atom stereocenters. The Morgan fingerprint density at radius 3 is 2.23 bits per heavy atom. The van der Waals surface area contributed by atoms with E-state index in [2.05, 4.69) is 15.2 Å². The largest absolute Gasteiger partial charge is 0.279 e. The molecule has 3 rings (SSSR count). The molecule has 0 heterocycles. The van der Waals surface area contributed by atoms with E-state index in [0.29, 0.717) is 11.3 Å². The minimum absolute atomic E-state index is 0.220. The number of anilines is 2. The van der Waals surface area contributed by atoms with Crippen LogP contribution in [0.15, 0.2) is 88.9 Å². The predicted octanol–water partition coefficient (Wildman–Crippen LogP) is 4.24. The fourth-order valence-corrected chi connectivity index (χ4v) is 3.40. The monoisotopic (exact) mass is 365 g/mol. The highest BCUT2D eigenvalue weighted by Gasteiger charge is 2.15. The third-order valence-electron chi connectivity index (χ3n) is 3.71. The number of hydrazone groups is 1. The zero-order chi connectivity index (χ0) is 18.4. The van der Waals surface area contributed by atoms with Crippen molar-refractivity contribution in [3.63, 3.8) is 0 Å². The van der Waals surface area contributed by atoms with Crippen LogP contribution in [-0.2, 0) is 10.0 Å². The van der Waals surface area contributed by atoms with E-state index >= 15 is 0 Å². The lowest BCUT2D eigenvalue weighted by Gasteiger charge is -2.10. The first-order valence-electron chi connectivity index (χ1n) is 8.07. The summed E-state index contributed by atoms with van der Waals surface area (Å²) in [5, 5.41) is 4.18. The molecule has 0 aliphatic carbocycles. The number of hydrogen-bond acceptors (Lipinski definition) is 4. The van der Waals surface area contributed by atoms with Gasteiger partial charge in [-0.25, -0.2) is 8.42 Å². The van der Waals surface area contributed by atoms with Crippen LogP contribution >= 0.6 is 0 Å². The summed E-state index contributed by atoms with van der Waals surface area (Å²) in [5.41, 5.74) is 5.89. The molecule has 0 amide bonds. The van der Waals surface area contributed by atoms with Gasteiger partial charge >= 0.3 is 0 Å². The summed E-state index contributed by atoms with van der Waals surface area (Å²) in [6.45, 7) is 1.91. The van der Waals surface area contributed by atoms with E-state index in [-0.39, 0.29) is 4.90 Å². The standard InChI is InChI=1S/C20H19N3O2S/c1-16-11-13-19(14-12-16)26(24,25)23-20-10-6-5-7-17(20)15-21-22-18-8-3-2-4-9-18/h2-15,22-23H,1H3/b21-15-. The number of rotatable bonds is 6. The second-order valence-corrected chi connectivity index (χ2v) is 7.42. The van der Waals surface area contributed by atoms with Crippen LogP contribution in [0.1, 0.15) is 11.1 Å². The molecule has 26 heavy (non-hydrogen) atoms. The molecule has 0 aliphatic rings. The van der Waals surface area contributed by atoms with E-state index in [9.17, 15) is 8.42 Å². The number of nitrogens with zero attached hydrogens (tertiary/aromatic N) is 1. The van der Waals surface area contributed by atoms with Crippen molar-refractivity contribution >= 4 is 27.6 Å². The van der Waals surface area contributed by atoms with Crippen LogP contribution in [-0.4, -0.2) is 14.6 Å². The van der Waals surface area contributed by atoms with Gasteiger partial charge in [0.1, 0.15) is 0 Å². The summed E-state index contributed by atoms with van der Waals surface area (Å²) in [4.78, 5) is 0.220. The number of hydrogen-bond donors (Lipinski definition) is 2. The first kappa shape index (κ1) is 17.7. The maximum Gasteiger partial charge on any atom is 0.261 e. The highest BCUT2D eigenvalue weighted by molar-refractivity contribution is 7.92. The van der Waals surface area contributed by atoms with Crippen LogP contribution in [0.2, 0.25) is 0 Å². The van der Waals surface area contributed by atoms with E-state index in [1.165, 1.54) is 0 Å². The van der Waals surface area contributed by atoms with Gasteiger partial charge in [-0.2, -0.15) is 5.10 Å². The molecule has 3 aromatic carbocycles. The first-order chi connectivity index (χ1) is 12.5. The van der Waals surface area contributed by atoms with Gasteiger partial charge in [-0.3, -0.25) is 10.1 Å². The van der Waals surface area contributed by atoms with E-state index in [1.54, 1.807) is 48.7 Å². The summed E-state index contributed by atoms with van der Waals surface area (Å²) < 4.78 is 27.8. The first-order valence-corrected chi connectivity index (χ1v) is 9.55. The highest BCUT2D eigenvalue weighted by atomic mass is 32.2. The maximum atomic E-state index is 12.6. The third kappa shape index (κ3) is 4.49. The molecule has 132 valence electrons. The normalized spacial score (nSPS) is 11.4. The second kappa shape index (κ2) is 7.84. The average molecular weight is 365 g/mol. The van der Waals surface area contributed by atoms with Gasteiger partial charge in [0, 0.05) is 5.56 Å². The number of nitrogens with one attached hydrogen (secondary N) is 2. The number of para-hydroxylation sites is 2. The zero-order valence-electron chi connectivity index (χ0n) is 14.3. The molecule has 0 aromatic heterocycles. The molecule has 0 saturated carbocycles. The second-order valence-electron chi connectivity index (χ2n) is 5.74. The average Bonchev–Trinajstić information content (AvgIpc) is 2.64. The summed E-state index contributed by atoms with van der Waals surface area (Å²) in [6.07, 6.45) is 1.58. The Hall–Kier alpha value is -3.12. The molecule has 3 aromatic rings. The van der Waals surface area contributed by atoms with Gasteiger partial charge in [0.05, 0.1) is 22.5 Å². The van der Waals surface area contributed by atoms with Gasteiger partial charge in [0.15, 0.2) is 0 Å². The van der Waals surface area contributed by atoms with Crippen LogP contribution in [0.3, 0.4) is 0 Å². The molecule has 0 fully saturated rings. The van der Waals surface area contributed by atoms with Crippen LogP contribution < -0.4 is 10.1 Å². The van der Waals surface area contributed by atoms with Crippen molar-refractivity contribution in [3.05, 3.63) is 90.0 Å². The van der Waals surface area contributed by atoms with Crippen LogP contribution in [0.5, 0.6) is 0 Å². The molecule has 0 unspecified atom stereocenters. The molecule has 0 spiro atoms. The topological polar surface area (TPSA) is 70.6 Å². The molecular formula is C20H19N3O2S. The molecule has 2 N–H and O–H groups in total. The fourth-order valence-electron chi connectivity index (χ4n) is 2.31. The number of benzene rings is 3. The van der Waals surface area contributed by atoms with Crippen molar-refractivity contribution in [3.8, 4) is 0 Å². The maximum absolute atomic E-state index is 12.6.